The average molecular weight is 677 g/mol. The number of anilines is 1. The van der Waals surface area contributed by atoms with Crippen molar-refractivity contribution in [3.63, 3.8) is 0 Å². The molecule has 3 aliphatic heterocycles. The van der Waals surface area contributed by atoms with E-state index in [4.69, 9.17) is 19.4 Å². The lowest BCUT2D eigenvalue weighted by Crippen LogP contribution is -2.57. The van der Waals surface area contributed by atoms with Crippen LogP contribution in [0.25, 0.3) is 22.3 Å². The van der Waals surface area contributed by atoms with Crippen LogP contribution in [-0.2, 0) is 14.9 Å². The first-order valence-corrected chi connectivity index (χ1v) is 18.2. The Bertz CT molecular complexity index is 1990. The van der Waals surface area contributed by atoms with Crippen LogP contribution in [0.3, 0.4) is 0 Å². The van der Waals surface area contributed by atoms with Gasteiger partial charge in [0.05, 0.1) is 35.6 Å². The third-order valence-corrected chi connectivity index (χ3v) is 11.7. The van der Waals surface area contributed by atoms with Gasteiger partial charge >= 0.3 is 5.97 Å². The number of nitrogens with one attached hydrogen (secondary N) is 1. The molecule has 2 aromatic carbocycles. The molecule has 1 saturated carbocycles. The highest BCUT2D eigenvalue weighted by Crippen LogP contribution is 2.52. The number of amides is 1. The van der Waals surface area contributed by atoms with Crippen molar-refractivity contribution in [2.45, 2.75) is 90.3 Å². The van der Waals surface area contributed by atoms with E-state index >= 15 is 0 Å². The van der Waals surface area contributed by atoms with Crippen LogP contribution in [0.1, 0.15) is 87.3 Å². The molecule has 0 unspecified atom stereocenters. The van der Waals surface area contributed by atoms with Crippen LogP contribution >= 0.6 is 0 Å². The number of imidazole rings is 1. The van der Waals surface area contributed by atoms with Gasteiger partial charge in [0, 0.05) is 35.9 Å². The van der Waals surface area contributed by atoms with Crippen molar-refractivity contribution in [1.82, 2.24) is 24.8 Å². The molecular formula is C40H48N6O4. The van der Waals surface area contributed by atoms with Crippen molar-refractivity contribution < 1.29 is 19.1 Å². The summed E-state index contributed by atoms with van der Waals surface area (Å²) in [6, 6.07) is 14.7. The summed E-state index contributed by atoms with van der Waals surface area (Å²) in [6.07, 6.45) is 6.70. The van der Waals surface area contributed by atoms with E-state index in [1.165, 1.54) is 13.5 Å². The molecule has 3 fully saturated rings. The predicted octanol–water partition coefficient (Wildman–Crippen LogP) is 6.80. The van der Waals surface area contributed by atoms with Gasteiger partial charge in [0.15, 0.2) is 0 Å². The zero-order valence-electron chi connectivity index (χ0n) is 30.1. The summed E-state index contributed by atoms with van der Waals surface area (Å²) < 4.78 is 13.6. The first-order chi connectivity index (χ1) is 24.0. The van der Waals surface area contributed by atoms with Crippen LogP contribution < -0.4 is 15.0 Å². The van der Waals surface area contributed by atoms with E-state index in [9.17, 15) is 9.59 Å². The summed E-state index contributed by atoms with van der Waals surface area (Å²) >= 11 is 0. The maximum Gasteiger partial charge on any atom is 0.338 e. The van der Waals surface area contributed by atoms with Gasteiger partial charge in [0.2, 0.25) is 11.8 Å². The lowest BCUT2D eigenvalue weighted by atomic mass is 9.74. The number of hydrogen-bond donors (Lipinski definition) is 1. The molecule has 10 nitrogen and oxygen atoms in total. The molecule has 2 saturated heterocycles. The normalized spacial score (nSPS) is 22.7. The monoisotopic (exact) mass is 676 g/mol. The van der Waals surface area contributed by atoms with Crippen LogP contribution in [-0.4, -0.2) is 76.7 Å². The topological polar surface area (TPSA) is 102 Å². The lowest BCUT2D eigenvalue weighted by Gasteiger charge is -2.46. The zero-order valence-corrected chi connectivity index (χ0v) is 30.1. The highest BCUT2D eigenvalue weighted by atomic mass is 16.5. The number of nitrogens with zero attached hydrogens (tertiary/aromatic N) is 5. The molecule has 5 heterocycles. The molecule has 0 atom stereocenters. The van der Waals surface area contributed by atoms with Crippen LogP contribution in [0, 0.1) is 12.3 Å². The van der Waals surface area contributed by atoms with Crippen molar-refractivity contribution in [2.75, 3.05) is 38.2 Å². The molecule has 1 aliphatic carbocycles. The van der Waals surface area contributed by atoms with Gasteiger partial charge in [-0.15, -0.1) is 0 Å². The third-order valence-electron chi connectivity index (χ3n) is 11.7. The number of aromatic nitrogens is 3. The summed E-state index contributed by atoms with van der Waals surface area (Å²) in [6.45, 7) is 14.7. The third kappa shape index (κ3) is 5.39. The summed E-state index contributed by atoms with van der Waals surface area (Å²) in [4.78, 5) is 41.7. The number of fused-ring (bicyclic) bond motifs is 3. The molecule has 4 aromatic rings. The smallest absolute Gasteiger partial charge is 0.338 e. The molecule has 262 valence electrons. The predicted molar refractivity (Wildman–Crippen MR) is 194 cm³/mol. The minimum atomic E-state index is -0.482. The fourth-order valence-corrected chi connectivity index (χ4v) is 8.73. The molecule has 10 heteroatoms. The van der Waals surface area contributed by atoms with E-state index in [2.05, 4.69) is 65.6 Å². The van der Waals surface area contributed by atoms with E-state index in [-0.39, 0.29) is 18.0 Å². The Morgan fingerprint density at radius 3 is 2.50 bits per heavy atom. The highest BCUT2D eigenvalue weighted by Gasteiger charge is 2.55. The van der Waals surface area contributed by atoms with Crippen molar-refractivity contribution in [1.29, 1.82) is 0 Å². The molecule has 2 aromatic heterocycles. The number of carbonyl (C=O) groups excluding carboxylic acids is 2. The molecule has 0 radical (unpaired) electrons. The fourth-order valence-electron chi connectivity index (χ4n) is 8.73. The van der Waals surface area contributed by atoms with Crippen LogP contribution in [0.15, 0.2) is 48.8 Å². The SMILES string of the molecule is COC(=O)c1cc(Oc2nc(-c3ccc4c(c3)N(C3CC(N5CCC(C)(C)C5)C3)C(=O)C43CCNCC3)cc3ncn(C(C)C)c23)ccc1C. The number of carbonyl (C=O) groups is 2. The molecular weight excluding hydrogens is 628 g/mol. The standard InChI is InChI=1S/C40H48N6O4/c1-24(2)45-23-42-33-21-32(43-36(35(33)45)50-29-9-7-25(3)30(20-29)37(47)49-6)26-8-10-31-34(17-26)46(38(48)40(31)11-14-41-15-12-40)28-18-27(19-28)44-16-13-39(4,5)22-44/h7-10,17,20-21,23-24,27-28,41H,11-16,18-19,22H2,1-6H3. The molecule has 4 aliphatic rings. The molecule has 50 heavy (non-hydrogen) atoms. The number of pyridine rings is 1. The second-order valence-electron chi connectivity index (χ2n) is 15.9. The van der Waals surface area contributed by atoms with Gasteiger partial charge in [-0.25, -0.2) is 14.8 Å². The quantitative estimate of drug-likeness (QED) is 0.214. The number of methoxy groups -OCH3 is 1. The molecule has 1 N–H and O–H groups in total. The summed E-state index contributed by atoms with van der Waals surface area (Å²) in [5.74, 6) is 0.734. The van der Waals surface area contributed by atoms with Crippen LogP contribution in [0.5, 0.6) is 11.6 Å². The maximum atomic E-state index is 14.6. The van der Waals surface area contributed by atoms with Crippen molar-refractivity contribution >= 4 is 28.6 Å². The molecule has 1 spiro atoms. The molecule has 8 rings (SSSR count). The minimum Gasteiger partial charge on any atom is -0.465 e. The Morgan fingerprint density at radius 1 is 1.02 bits per heavy atom. The Morgan fingerprint density at radius 2 is 1.80 bits per heavy atom. The van der Waals surface area contributed by atoms with Gasteiger partial charge < -0.3 is 24.3 Å². The summed E-state index contributed by atoms with van der Waals surface area (Å²) in [7, 11) is 1.38. The van der Waals surface area contributed by atoms with Crippen molar-refractivity contribution in [2.24, 2.45) is 5.41 Å². The van der Waals surface area contributed by atoms with Gasteiger partial charge in [-0.2, -0.15) is 0 Å². The van der Waals surface area contributed by atoms with Crippen LogP contribution in [0.2, 0.25) is 0 Å². The van der Waals surface area contributed by atoms with Gasteiger partial charge in [0.1, 0.15) is 11.3 Å². The Balaban J connectivity index is 1.18. The van der Waals surface area contributed by atoms with Gasteiger partial charge in [0.25, 0.3) is 0 Å². The van der Waals surface area contributed by atoms with E-state index in [0.717, 1.165) is 85.3 Å². The molecule has 1 amide bonds. The van der Waals surface area contributed by atoms with E-state index in [1.54, 1.807) is 6.07 Å². The zero-order chi connectivity index (χ0) is 34.9. The second-order valence-corrected chi connectivity index (χ2v) is 15.9. The number of ether oxygens (including phenoxy) is 2. The fraction of sp³-hybridized carbons (Fsp3) is 0.500. The number of hydrogen-bond acceptors (Lipinski definition) is 8. The number of esters is 1. The highest BCUT2D eigenvalue weighted by molar-refractivity contribution is 6.09. The Labute approximate surface area is 294 Å². The maximum absolute atomic E-state index is 14.6. The lowest BCUT2D eigenvalue weighted by molar-refractivity contribution is -0.125. The number of aryl methyl sites for hydroxylation is 1. The van der Waals surface area contributed by atoms with E-state index in [0.29, 0.717) is 34.3 Å². The second kappa shape index (κ2) is 12.2. The minimum absolute atomic E-state index is 0.123. The van der Waals surface area contributed by atoms with Crippen molar-refractivity contribution in [3.8, 4) is 22.9 Å². The summed E-state index contributed by atoms with van der Waals surface area (Å²) in [5, 5.41) is 3.48. The van der Waals surface area contributed by atoms with E-state index in [1.807, 2.05) is 31.5 Å². The number of likely N-dealkylation sites (tertiary alicyclic amines) is 1. The van der Waals surface area contributed by atoms with E-state index < -0.39 is 11.4 Å². The van der Waals surface area contributed by atoms with Crippen molar-refractivity contribution in [3.05, 3.63) is 65.5 Å². The summed E-state index contributed by atoms with van der Waals surface area (Å²) in [5.41, 5.74) is 6.46. The first kappa shape index (κ1) is 32.9. The Hall–Kier alpha value is -4.28. The average Bonchev–Trinajstić information content (AvgIpc) is 3.74. The molecule has 0 bridgehead atoms. The first-order valence-electron chi connectivity index (χ1n) is 18.2. The number of benzene rings is 2. The van der Waals surface area contributed by atoms with Gasteiger partial charge in [-0.05, 0) is 113 Å². The number of rotatable bonds is 7. The number of piperidine rings is 1. The Kier molecular flexibility index (Phi) is 8.02. The van der Waals surface area contributed by atoms with Gasteiger partial charge in [-0.1, -0.05) is 32.0 Å². The van der Waals surface area contributed by atoms with Gasteiger partial charge in [-0.3, -0.25) is 9.69 Å². The largest absolute Gasteiger partial charge is 0.465 e. The van der Waals surface area contributed by atoms with Crippen LogP contribution in [0.4, 0.5) is 5.69 Å².